The largest absolute Gasteiger partial charge is 0.395 e. The fraction of sp³-hybridized carbons (Fsp3) is 0.455. The van der Waals surface area contributed by atoms with E-state index in [2.05, 4.69) is 0 Å². The molecule has 0 aromatic heterocycles. The molecule has 1 rings (SSSR count). The fourth-order valence-electron chi connectivity index (χ4n) is 1.63. The van der Waals surface area contributed by atoms with Crippen LogP contribution in [0.25, 0.3) is 0 Å². The van der Waals surface area contributed by atoms with Crippen molar-refractivity contribution in [3.63, 3.8) is 0 Å². The molecule has 0 bridgehead atoms. The topological polar surface area (TPSA) is 83.6 Å². The number of anilines is 1. The molecule has 19 heavy (non-hydrogen) atoms. The van der Waals surface area contributed by atoms with Gasteiger partial charge in [0, 0.05) is 12.6 Å². The number of sulfonamides is 1. The second-order valence-electron chi connectivity index (χ2n) is 4.21. The summed E-state index contributed by atoms with van der Waals surface area (Å²) in [7, 11) is -4.18. The minimum atomic E-state index is -4.18. The summed E-state index contributed by atoms with van der Waals surface area (Å²) < 4.78 is 52.2. The summed E-state index contributed by atoms with van der Waals surface area (Å²) in [6, 6.07) is 1.13. The van der Waals surface area contributed by atoms with Gasteiger partial charge in [-0.15, -0.1) is 0 Å². The van der Waals surface area contributed by atoms with E-state index in [-0.39, 0.29) is 6.54 Å². The Hall–Kier alpha value is -1.25. The highest BCUT2D eigenvalue weighted by molar-refractivity contribution is 7.89. The predicted molar refractivity (Wildman–Crippen MR) is 66.9 cm³/mol. The average molecular weight is 294 g/mol. The first-order valence-corrected chi connectivity index (χ1v) is 7.03. The van der Waals surface area contributed by atoms with Crippen molar-refractivity contribution in [2.75, 3.05) is 18.9 Å². The van der Waals surface area contributed by atoms with E-state index in [9.17, 15) is 17.2 Å². The highest BCUT2D eigenvalue weighted by Crippen LogP contribution is 2.26. The first-order chi connectivity index (χ1) is 8.73. The van der Waals surface area contributed by atoms with Crippen molar-refractivity contribution in [2.45, 2.75) is 24.8 Å². The van der Waals surface area contributed by atoms with Gasteiger partial charge in [-0.2, -0.15) is 4.31 Å². The van der Waals surface area contributed by atoms with Crippen LogP contribution >= 0.6 is 0 Å². The molecule has 1 aromatic carbocycles. The number of nitrogen functional groups attached to an aromatic ring is 1. The molecule has 1 aromatic rings. The van der Waals surface area contributed by atoms with Crippen LogP contribution in [0.2, 0.25) is 0 Å². The van der Waals surface area contributed by atoms with E-state index in [1.54, 1.807) is 13.8 Å². The molecular weight excluding hydrogens is 278 g/mol. The Morgan fingerprint density at radius 1 is 1.37 bits per heavy atom. The molecule has 0 atom stereocenters. The third-order valence-electron chi connectivity index (χ3n) is 2.57. The highest BCUT2D eigenvalue weighted by atomic mass is 32.2. The second-order valence-corrected chi connectivity index (χ2v) is 6.07. The lowest BCUT2D eigenvalue weighted by molar-refractivity contribution is 0.236. The Balaban J connectivity index is 3.38. The molecule has 0 saturated heterocycles. The normalized spacial score (nSPS) is 12.4. The van der Waals surface area contributed by atoms with Gasteiger partial charge in [-0.25, -0.2) is 17.2 Å². The standard InChI is InChI=1S/C11H16F2N2O3S/c1-7(2)15(5-6-16)19(17,18)9-4-3-8(12)11(14)10(9)13/h3-4,7,16H,5-6,14H2,1-2H3. The van der Waals surface area contributed by atoms with Gasteiger partial charge in [0.1, 0.15) is 16.4 Å². The summed E-state index contributed by atoms with van der Waals surface area (Å²) in [5.74, 6) is -2.33. The molecule has 0 saturated carbocycles. The first kappa shape index (κ1) is 15.8. The summed E-state index contributed by atoms with van der Waals surface area (Å²) in [4.78, 5) is -0.700. The van der Waals surface area contributed by atoms with Crippen LogP contribution in [0.5, 0.6) is 0 Å². The molecule has 0 spiro atoms. The number of aliphatic hydroxyl groups is 1. The van der Waals surface area contributed by atoms with Crippen LogP contribution in [0, 0.1) is 11.6 Å². The second kappa shape index (κ2) is 5.81. The van der Waals surface area contributed by atoms with Crippen molar-refractivity contribution in [3.8, 4) is 0 Å². The SMILES string of the molecule is CC(C)N(CCO)S(=O)(=O)c1ccc(F)c(N)c1F. The Kier molecular flexibility index (Phi) is 4.83. The Morgan fingerprint density at radius 3 is 2.42 bits per heavy atom. The van der Waals surface area contributed by atoms with Crippen LogP contribution in [0.15, 0.2) is 17.0 Å². The van der Waals surface area contributed by atoms with Crippen molar-refractivity contribution in [1.82, 2.24) is 4.31 Å². The number of rotatable bonds is 5. The van der Waals surface area contributed by atoms with E-state index in [0.717, 1.165) is 16.4 Å². The van der Waals surface area contributed by atoms with Crippen molar-refractivity contribution < 1.29 is 22.3 Å². The van der Waals surface area contributed by atoms with Crippen molar-refractivity contribution >= 4 is 15.7 Å². The Labute approximate surface area is 110 Å². The minimum absolute atomic E-state index is 0.184. The molecule has 0 aliphatic carbocycles. The van der Waals surface area contributed by atoms with E-state index in [0.29, 0.717) is 0 Å². The maximum Gasteiger partial charge on any atom is 0.246 e. The van der Waals surface area contributed by atoms with Gasteiger partial charge in [0.05, 0.1) is 6.61 Å². The molecule has 0 amide bonds. The van der Waals surface area contributed by atoms with Crippen molar-refractivity contribution in [1.29, 1.82) is 0 Å². The number of hydrogen-bond donors (Lipinski definition) is 2. The van der Waals surface area contributed by atoms with Gasteiger partial charge >= 0.3 is 0 Å². The molecule has 3 N–H and O–H groups in total. The monoisotopic (exact) mass is 294 g/mol. The highest BCUT2D eigenvalue weighted by Gasteiger charge is 2.30. The fourth-order valence-corrected chi connectivity index (χ4v) is 3.34. The van der Waals surface area contributed by atoms with Crippen LogP contribution in [-0.4, -0.2) is 37.0 Å². The lowest BCUT2D eigenvalue weighted by Crippen LogP contribution is -2.39. The van der Waals surface area contributed by atoms with Gasteiger partial charge in [-0.05, 0) is 26.0 Å². The van der Waals surface area contributed by atoms with Gasteiger partial charge < -0.3 is 10.8 Å². The molecule has 0 fully saturated rings. The average Bonchev–Trinajstić information content (AvgIpc) is 2.32. The Morgan fingerprint density at radius 2 is 1.95 bits per heavy atom. The zero-order valence-electron chi connectivity index (χ0n) is 10.6. The van der Waals surface area contributed by atoms with Crippen LogP contribution in [0.3, 0.4) is 0 Å². The van der Waals surface area contributed by atoms with Gasteiger partial charge in [0.25, 0.3) is 0 Å². The summed E-state index contributed by atoms with van der Waals surface area (Å²) in [5.41, 5.74) is 4.31. The smallest absolute Gasteiger partial charge is 0.246 e. The molecule has 5 nitrogen and oxygen atoms in total. The van der Waals surface area contributed by atoms with E-state index in [1.807, 2.05) is 0 Å². The minimum Gasteiger partial charge on any atom is -0.395 e. The number of hydrogen-bond acceptors (Lipinski definition) is 4. The van der Waals surface area contributed by atoms with Gasteiger partial charge in [-0.3, -0.25) is 0 Å². The van der Waals surface area contributed by atoms with Crippen LogP contribution in [0.1, 0.15) is 13.8 Å². The maximum atomic E-state index is 13.8. The van der Waals surface area contributed by atoms with Crippen LogP contribution in [0.4, 0.5) is 14.5 Å². The van der Waals surface area contributed by atoms with E-state index in [1.165, 1.54) is 0 Å². The molecule has 108 valence electrons. The molecule has 0 heterocycles. The number of aliphatic hydroxyl groups excluding tert-OH is 1. The number of halogens is 2. The summed E-state index contributed by atoms with van der Waals surface area (Å²) in [5, 5.41) is 8.88. The molecule has 8 heteroatoms. The number of nitrogens with zero attached hydrogens (tertiary/aromatic N) is 1. The first-order valence-electron chi connectivity index (χ1n) is 5.59. The van der Waals surface area contributed by atoms with Gasteiger partial charge in [-0.1, -0.05) is 0 Å². The predicted octanol–water partition coefficient (Wildman–Crippen LogP) is 0.938. The number of benzene rings is 1. The van der Waals surface area contributed by atoms with E-state index < -0.39 is 44.9 Å². The lowest BCUT2D eigenvalue weighted by atomic mass is 10.3. The zero-order chi connectivity index (χ0) is 14.8. The molecular formula is C11H16F2N2O3S. The van der Waals surface area contributed by atoms with Crippen LogP contribution in [-0.2, 0) is 10.0 Å². The van der Waals surface area contributed by atoms with Crippen molar-refractivity contribution in [3.05, 3.63) is 23.8 Å². The van der Waals surface area contributed by atoms with E-state index in [4.69, 9.17) is 10.8 Å². The maximum absolute atomic E-state index is 13.8. The van der Waals surface area contributed by atoms with Crippen LogP contribution < -0.4 is 5.73 Å². The summed E-state index contributed by atoms with van der Waals surface area (Å²) in [6.45, 7) is 2.57. The van der Waals surface area contributed by atoms with Crippen molar-refractivity contribution in [2.24, 2.45) is 0 Å². The molecule has 0 aliphatic rings. The summed E-state index contributed by atoms with van der Waals surface area (Å²) >= 11 is 0. The Bertz CT molecular complexity index is 561. The van der Waals surface area contributed by atoms with Gasteiger partial charge in [0.2, 0.25) is 10.0 Å². The lowest BCUT2D eigenvalue weighted by Gasteiger charge is -2.25. The quantitative estimate of drug-likeness (QED) is 0.792. The molecule has 0 unspecified atom stereocenters. The summed E-state index contributed by atoms with van der Waals surface area (Å²) in [6.07, 6.45) is 0. The number of nitrogens with two attached hydrogens (primary N) is 1. The molecule has 0 radical (unpaired) electrons. The zero-order valence-corrected chi connectivity index (χ0v) is 11.4. The molecule has 0 aliphatic heterocycles. The van der Waals surface area contributed by atoms with Gasteiger partial charge in [0.15, 0.2) is 5.82 Å². The third-order valence-corrected chi connectivity index (χ3v) is 4.67. The van der Waals surface area contributed by atoms with E-state index >= 15 is 0 Å². The third kappa shape index (κ3) is 3.02.